The molecular formula is C28H32F3N7O. The molecule has 0 saturated carbocycles. The van der Waals surface area contributed by atoms with Crippen molar-refractivity contribution in [2.75, 3.05) is 26.2 Å². The Morgan fingerprint density at radius 2 is 2.00 bits per heavy atom. The highest BCUT2D eigenvalue weighted by Gasteiger charge is 2.35. The van der Waals surface area contributed by atoms with E-state index >= 15 is 0 Å². The number of aryl methyl sites for hydroxylation is 1. The van der Waals surface area contributed by atoms with Gasteiger partial charge in [-0.25, -0.2) is 4.79 Å². The predicted molar refractivity (Wildman–Crippen MR) is 141 cm³/mol. The van der Waals surface area contributed by atoms with Gasteiger partial charge in [0.2, 0.25) is 0 Å². The summed E-state index contributed by atoms with van der Waals surface area (Å²) in [5.74, 6) is 1.55. The van der Waals surface area contributed by atoms with Crippen molar-refractivity contribution < 1.29 is 13.2 Å². The van der Waals surface area contributed by atoms with Crippen molar-refractivity contribution in [3.63, 3.8) is 0 Å². The first kappa shape index (κ1) is 25.8. The van der Waals surface area contributed by atoms with Crippen molar-refractivity contribution >= 4 is 5.52 Å². The molecule has 2 aliphatic heterocycles. The zero-order valence-corrected chi connectivity index (χ0v) is 22.0. The van der Waals surface area contributed by atoms with E-state index in [0.717, 1.165) is 54.8 Å². The second-order valence-corrected chi connectivity index (χ2v) is 11.1. The van der Waals surface area contributed by atoms with Crippen LogP contribution in [0.25, 0.3) is 11.2 Å². The maximum atomic E-state index is 14.2. The van der Waals surface area contributed by atoms with Crippen LogP contribution in [-0.2, 0) is 19.8 Å². The molecule has 0 bridgehead atoms. The minimum atomic E-state index is -4.59. The van der Waals surface area contributed by atoms with Crippen molar-refractivity contribution in [3.8, 4) is 5.69 Å². The van der Waals surface area contributed by atoms with E-state index in [0.29, 0.717) is 29.6 Å². The summed E-state index contributed by atoms with van der Waals surface area (Å²) in [7, 11) is 1.89. The molecule has 1 aromatic carbocycles. The summed E-state index contributed by atoms with van der Waals surface area (Å²) in [6.45, 7) is 5.87. The van der Waals surface area contributed by atoms with Crippen molar-refractivity contribution in [2.45, 2.75) is 38.4 Å². The SMILES string of the molecule is C[C@H]1CCCN(Cc2cc(C(F)(F)F)c3cn(-c4cccc([C@@H](c5nncn5C)C5CNC5)c4)c(=O)n3c2)C1. The van der Waals surface area contributed by atoms with Crippen molar-refractivity contribution in [2.24, 2.45) is 18.9 Å². The van der Waals surface area contributed by atoms with Crippen molar-refractivity contribution in [1.82, 2.24) is 33.9 Å². The molecule has 8 nitrogen and oxygen atoms in total. The number of hydrogen-bond donors (Lipinski definition) is 1. The minimum Gasteiger partial charge on any atom is -0.320 e. The number of piperidine rings is 1. The lowest BCUT2D eigenvalue weighted by molar-refractivity contribution is -0.136. The van der Waals surface area contributed by atoms with E-state index in [2.05, 4.69) is 27.3 Å². The fourth-order valence-electron chi connectivity index (χ4n) is 6.05. The van der Waals surface area contributed by atoms with Crippen molar-refractivity contribution in [1.29, 1.82) is 0 Å². The number of halogens is 3. The summed E-state index contributed by atoms with van der Waals surface area (Å²) in [6, 6.07) is 8.63. The number of alkyl halides is 3. The van der Waals surface area contributed by atoms with Gasteiger partial charge in [-0.05, 0) is 60.5 Å². The fourth-order valence-corrected chi connectivity index (χ4v) is 6.05. The Bertz CT molecular complexity index is 1550. The Labute approximate surface area is 224 Å². The molecule has 5 heterocycles. The van der Waals surface area contributed by atoms with E-state index in [1.54, 1.807) is 18.6 Å². The van der Waals surface area contributed by atoms with Gasteiger partial charge in [-0.15, -0.1) is 10.2 Å². The Balaban J connectivity index is 1.42. The molecule has 2 saturated heterocycles. The molecule has 39 heavy (non-hydrogen) atoms. The average Bonchev–Trinajstić information content (AvgIpc) is 3.43. The first-order valence-corrected chi connectivity index (χ1v) is 13.4. The normalized spacial score (nSPS) is 19.9. The molecule has 0 aliphatic carbocycles. The van der Waals surface area contributed by atoms with E-state index < -0.39 is 17.4 Å². The van der Waals surface area contributed by atoms with Gasteiger partial charge < -0.3 is 9.88 Å². The lowest BCUT2D eigenvalue weighted by Gasteiger charge is -2.34. The molecule has 6 rings (SSSR count). The molecule has 1 N–H and O–H groups in total. The molecule has 206 valence electrons. The summed E-state index contributed by atoms with van der Waals surface area (Å²) >= 11 is 0. The minimum absolute atomic E-state index is 0.0595. The van der Waals surface area contributed by atoms with Gasteiger partial charge in [-0.2, -0.15) is 13.2 Å². The fraction of sp³-hybridized carbons (Fsp3) is 0.464. The Kier molecular flexibility index (Phi) is 6.58. The van der Waals surface area contributed by atoms with Crippen LogP contribution in [0.3, 0.4) is 0 Å². The topological polar surface area (TPSA) is 72.4 Å². The van der Waals surface area contributed by atoms with Crippen LogP contribution in [0.1, 0.15) is 48.2 Å². The number of hydrogen-bond acceptors (Lipinski definition) is 5. The second kappa shape index (κ2) is 9.95. The number of nitrogens with zero attached hydrogens (tertiary/aromatic N) is 6. The number of likely N-dealkylation sites (tertiary alicyclic amines) is 1. The molecule has 0 unspecified atom stereocenters. The van der Waals surface area contributed by atoms with E-state index in [9.17, 15) is 18.0 Å². The number of pyridine rings is 1. The molecule has 2 aliphatic rings. The third-order valence-electron chi connectivity index (χ3n) is 8.09. The number of aromatic nitrogens is 5. The number of fused-ring (bicyclic) bond motifs is 1. The van der Waals surface area contributed by atoms with Crippen LogP contribution in [0, 0.1) is 11.8 Å². The smallest absolute Gasteiger partial charge is 0.320 e. The Morgan fingerprint density at radius 1 is 1.18 bits per heavy atom. The number of nitrogens with one attached hydrogen (secondary N) is 1. The first-order chi connectivity index (χ1) is 18.7. The first-order valence-electron chi connectivity index (χ1n) is 13.4. The quantitative estimate of drug-likeness (QED) is 0.404. The third kappa shape index (κ3) is 4.89. The van der Waals surface area contributed by atoms with Gasteiger partial charge in [-0.3, -0.25) is 13.9 Å². The number of imidazole rings is 1. The van der Waals surface area contributed by atoms with Crippen LogP contribution in [0.5, 0.6) is 0 Å². The van der Waals surface area contributed by atoms with Gasteiger partial charge in [0.25, 0.3) is 0 Å². The van der Waals surface area contributed by atoms with Crippen LogP contribution in [-0.4, -0.2) is 54.8 Å². The summed E-state index contributed by atoms with van der Waals surface area (Å²) in [6.07, 6.45) is 2.08. The van der Waals surface area contributed by atoms with E-state index in [4.69, 9.17) is 0 Å². The van der Waals surface area contributed by atoms with Gasteiger partial charge in [0.1, 0.15) is 12.2 Å². The number of benzene rings is 1. The standard InChI is InChI=1S/C28H32F3N7O/c1-18-5-4-8-36(13-18)14-19-9-23(28(29,30)31)24-16-37(27(39)38(24)15-19)22-7-3-6-20(10-22)25(21-11-32-12-21)26-34-33-17-35(26)2/h3,6-7,9-10,15-18,21,25,32H,4-5,8,11-14H2,1-2H3/t18-,25+/m0/s1. The summed E-state index contributed by atoms with van der Waals surface area (Å²) < 4.78 is 47.0. The summed E-state index contributed by atoms with van der Waals surface area (Å²) in [5.41, 5.74) is 0.462. The zero-order chi connectivity index (χ0) is 27.3. The summed E-state index contributed by atoms with van der Waals surface area (Å²) in [5, 5.41) is 11.7. The molecule has 0 amide bonds. The average molecular weight is 540 g/mol. The molecule has 4 aromatic rings. The molecule has 11 heteroatoms. The third-order valence-corrected chi connectivity index (χ3v) is 8.09. The zero-order valence-electron chi connectivity index (χ0n) is 22.0. The highest BCUT2D eigenvalue weighted by Crippen LogP contribution is 2.35. The highest BCUT2D eigenvalue weighted by molar-refractivity contribution is 5.58. The lowest BCUT2D eigenvalue weighted by atomic mass is 9.81. The van der Waals surface area contributed by atoms with Gasteiger partial charge in [-0.1, -0.05) is 19.1 Å². The maximum absolute atomic E-state index is 14.2. The van der Waals surface area contributed by atoms with Crippen LogP contribution in [0.15, 0.2) is 53.8 Å². The molecule has 3 aromatic heterocycles. The molecular weight excluding hydrogens is 507 g/mol. The Hall–Kier alpha value is -3.44. The molecule has 2 fully saturated rings. The molecule has 0 radical (unpaired) electrons. The number of rotatable bonds is 6. The van der Waals surface area contributed by atoms with Gasteiger partial charge in [0, 0.05) is 51.5 Å². The van der Waals surface area contributed by atoms with E-state index in [1.165, 1.54) is 16.8 Å². The van der Waals surface area contributed by atoms with Crippen LogP contribution < -0.4 is 11.0 Å². The predicted octanol–water partition coefficient (Wildman–Crippen LogP) is 3.82. The van der Waals surface area contributed by atoms with Crippen LogP contribution in [0.4, 0.5) is 13.2 Å². The second-order valence-electron chi connectivity index (χ2n) is 11.1. The summed E-state index contributed by atoms with van der Waals surface area (Å²) in [4.78, 5) is 15.7. The maximum Gasteiger partial charge on any atom is 0.418 e. The van der Waals surface area contributed by atoms with E-state index in [1.807, 2.05) is 29.8 Å². The molecule has 0 spiro atoms. The highest BCUT2D eigenvalue weighted by atomic mass is 19.4. The van der Waals surface area contributed by atoms with Crippen LogP contribution in [0.2, 0.25) is 0 Å². The van der Waals surface area contributed by atoms with Gasteiger partial charge in [0.05, 0.1) is 16.8 Å². The Morgan fingerprint density at radius 3 is 2.67 bits per heavy atom. The van der Waals surface area contributed by atoms with Crippen molar-refractivity contribution in [3.05, 3.63) is 82.1 Å². The largest absolute Gasteiger partial charge is 0.418 e. The van der Waals surface area contributed by atoms with E-state index in [-0.39, 0.29) is 11.4 Å². The van der Waals surface area contributed by atoms with Gasteiger partial charge >= 0.3 is 11.9 Å². The lowest BCUT2D eigenvalue weighted by Crippen LogP contribution is -2.46. The van der Waals surface area contributed by atoms with Gasteiger partial charge in [0.15, 0.2) is 0 Å². The molecule has 2 atom stereocenters. The monoisotopic (exact) mass is 539 g/mol. The van der Waals surface area contributed by atoms with Crippen LogP contribution >= 0.6 is 0 Å².